The van der Waals surface area contributed by atoms with Gasteiger partial charge in [0, 0.05) is 16.3 Å². The summed E-state index contributed by atoms with van der Waals surface area (Å²) < 4.78 is 5.19. The quantitative estimate of drug-likeness (QED) is 0.874. The Morgan fingerprint density at radius 2 is 2.18 bits per heavy atom. The van der Waals surface area contributed by atoms with Crippen molar-refractivity contribution in [1.82, 2.24) is 5.32 Å². The van der Waals surface area contributed by atoms with Gasteiger partial charge in [0.1, 0.15) is 5.60 Å². The molecule has 17 heavy (non-hydrogen) atoms. The van der Waals surface area contributed by atoms with Gasteiger partial charge in [0.05, 0.1) is 6.04 Å². The zero-order valence-electron chi connectivity index (χ0n) is 10.7. The van der Waals surface area contributed by atoms with Crippen LogP contribution in [0.25, 0.3) is 0 Å². The molecule has 0 bridgehead atoms. The van der Waals surface area contributed by atoms with Gasteiger partial charge in [-0.15, -0.1) is 11.3 Å². The SMILES string of the molecule is CC(NC(=O)OC(C)(C)C)c1ccc(CN)s1. The van der Waals surface area contributed by atoms with Gasteiger partial charge < -0.3 is 15.8 Å². The lowest BCUT2D eigenvalue weighted by Gasteiger charge is -2.21. The fraction of sp³-hybridized carbons (Fsp3) is 0.583. The van der Waals surface area contributed by atoms with Gasteiger partial charge in [0.15, 0.2) is 0 Å². The van der Waals surface area contributed by atoms with E-state index in [-0.39, 0.29) is 6.04 Å². The first kappa shape index (κ1) is 14.0. The average Bonchev–Trinajstić information content (AvgIpc) is 2.62. The van der Waals surface area contributed by atoms with Crippen LogP contribution in [0.4, 0.5) is 4.79 Å². The number of nitrogens with two attached hydrogens (primary N) is 1. The molecular weight excluding hydrogens is 236 g/mol. The Morgan fingerprint density at radius 1 is 1.53 bits per heavy atom. The first-order valence-corrected chi connectivity index (χ1v) is 6.41. The molecule has 96 valence electrons. The van der Waals surface area contributed by atoms with Crippen molar-refractivity contribution in [3.8, 4) is 0 Å². The Bertz CT molecular complexity index is 382. The van der Waals surface area contributed by atoms with Crippen LogP contribution in [0.1, 0.15) is 43.5 Å². The molecule has 1 unspecified atom stereocenters. The first-order valence-electron chi connectivity index (χ1n) is 5.60. The number of alkyl carbamates (subject to hydrolysis) is 1. The van der Waals surface area contributed by atoms with Gasteiger partial charge in [0.25, 0.3) is 0 Å². The second-order valence-electron chi connectivity index (χ2n) is 4.88. The van der Waals surface area contributed by atoms with E-state index in [1.165, 1.54) is 0 Å². The number of nitrogens with one attached hydrogen (secondary N) is 1. The summed E-state index contributed by atoms with van der Waals surface area (Å²) in [5.74, 6) is 0. The Kier molecular flexibility index (Phi) is 4.54. The van der Waals surface area contributed by atoms with Gasteiger partial charge in [-0.1, -0.05) is 0 Å². The summed E-state index contributed by atoms with van der Waals surface area (Å²) in [6, 6.07) is 3.90. The Hall–Kier alpha value is -1.07. The zero-order chi connectivity index (χ0) is 13.1. The summed E-state index contributed by atoms with van der Waals surface area (Å²) in [5.41, 5.74) is 5.08. The second-order valence-corrected chi connectivity index (χ2v) is 6.08. The summed E-state index contributed by atoms with van der Waals surface area (Å²) in [5, 5.41) is 2.80. The van der Waals surface area contributed by atoms with E-state index in [9.17, 15) is 4.79 Å². The molecule has 1 aromatic heterocycles. The van der Waals surface area contributed by atoms with Gasteiger partial charge in [0.2, 0.25) is 0 Å². The predicted octanol–water partition coefficient (Wildman–Crippen LogP) is 2.79. The maximum absolute atomic E-state index is 11.6. The number of carbonyl (C=O) groups excluding carboxylic acids is 1. The highest BCUT2D eigenvalue weighted by molar-refractivity contribution is 7.12. The van der Waals surface area contributed by atoms with Crippen molar-refractivity contribution >= 4 is 17.4 Å². The zero-order valence-corrected chi connectivity index (χ0v) is 11.6. The van der Waals surface area contributed by atoms with Crippen LogP contribution in [0.3, 0.4) is 0 Å². The molecule has 0 aromatic carbocycles. The van der Waals surface area contributed by atoms with E-state index in [2.05, 4.69) is 5.32 Å². The summed E-state index contributed by atoms with van der Waals surface area (Å²) >= 11 is 1.61. The Balaban J connectivity index is 2.54. The number of hydrogen-bond acceptors (Lipinski definition) is 4. The number of thiophene rings is 1. The highest BCUT2D eigenvalue weighted by Crippen LogP contribution is 2.23. The molecule has 0 saturated heterocycles. The average molecular weight is 256 g/mol. The van der Waals surface area contributed by atoms with Gasteiger partial charge >= 0.3 is 6.09 Å². The number of hydrogen-bond donors (Lipinski definition) is 2. The molecule has 1 atom stereocenters. The van der Waals surface area contributed by atoms with E-state index in [1.807, 2.05) is 39.8 Å². The largest absolute Gasteiger partial charge is 0.444 e. The third-order valence-corrected chi connectivity index (χ3v) is 3.33. The number of ether oxygens (including phenoxy) is 1. The lowest BCUT2D eigenvalue weighted by atomic mass is 10.2. The van der Waals surface area contributed by atoms with Crippen LogP contribution in [-0.2, 0) is 11.3 Å². The van der Waals surface area contributed by atoms with E-state index in [0.717, 1.165) is 9.75 Å². The van der Waals surface area contributed by atoms with Crippen molar-refractivity contribution in [2.24, 2.45) is 5.73 Å². The van der Waals surface area contributed by atoms with Crippen molar-refractivity contribution in [3.63, 3.8) is 0 Å². The highest BCUT2D eigenvalue weighted by atomic mass is 32.1. The molecule has 0 aliphatic rings. The van der Waals surface area contributed by atoms with E-state index < -0.39 is 11.7 Å². The third kappa shape index (κ3) is 4.75. The van der Waals surface area contributed by atoms with Crippen LogP contribution >= 0.6 is 11.3 Å². The van der Waals surface area contributed by atoms with Crippen molar-refractivity contribution in [1.29, 1.82) is 0 Å². The van der Waals surface area contributed by atoms with Crippen LogP contribution in [-0.4, -0.2) is 11.7 Å². The standard InChI is InChI=1S/C12H20N2O2S/c1-8(10-6-5-9(7-13)17-10)14-11(15)16-12(2,3)4/h5-6,8H,7,13H2,1-4H3,(H,14,15). The minimum Gasteiger partial charge on any atom is -0.444 e. The molecule has 4 nitrogen and oxygen atoms in total. The van der Waals surface area contributed by atoms with Crippen LogP contribution in [0.5, 0.6) is 0 Å². The van der Waals surface area contributed by atoms with Gasteiger partial charge in [-0.2, -0.15) is 0 Å². The van der Waals surface area contributed by atoms with Crippen molar-refractivity contribution in [2.75, 3.05) is 0 Å². The Labute approximate surface area is 106 Å². The van der Waals surface area contributed by atoms with E-state index >= 15 is 0 Å². The minimum atomic E-state index is -0.471. The molecule has 0 fully saturated rings. The highest BCUT2D eigenvalue weighted by Gasteiger charge is 2.18. The Morgan fingerprint density at radius 3 is 2.65 bits per heavy atom. The molecule has 1 aromatic rings. The molecule has 0 aliphatic carbocycles. The minimum absolute atomic E-state index is 0.0600. The predicted molar refractivity (Wildman–Crippen MR) is 70.0 cm³/mol. The third-order valence-electron chi connectivity index (χ3n) is 2.04. The number of carbonyl (C=O) groups is 1. The summed E-state index contributed by atoms with van der Waals surface area (Å²) in [7, 11) is 0. The van der Waals surface area contributed by atoms with Crippen molar-refractivity contribution in [3.05, 3.63) is 21.9 Å². The van der Waals surface area contributed by atoms with Gasteiger partial charge in [-0.25, -0.2) is 4.79 Å². The molecule has 0 radical (unpaired) electrons. The molecule has 5 heteroatoms. The maximum atomic E-state index is 11.6. The smallest absolute Gasteiger partial charge is 0.408 e. The lowest BCUT2D eigenvalue weighted by Crippen LogP contribution is -2.33. The van der Waals surface area contributed by atoms with Crippen LogP contribution in [0.2, 0.25) is 0 Å². The van der Waals surface area contributed by atoms with Crippen molar-refractivity contribution < 1.29 is 9.53 Å². The van der Waals surface area contributed by atoms with Crippen LogP contribution < -0.4 is 11.1 Å². The normalized spacial score (nSPS) is 13.2. The number of rotatable bonds is 3. The molecule has 3 N–H and O–H groups in total. The second kappa shape index (κ2) is 5.51. The van der Waals surface area contributed by atoms with E-state index in [0.29, 0.717) is 6.54 Å². The van der Waals surface area contributed by atoms with Crippen molar-refractivity contribution in [2.45, 2.75) is 45.9 Å². The lowest BCUT2D eigenvalue weighted by molar-refractivity contribution is 0.0509. The van der Waals surface area contributed by atoms with Crippen LogP contribution in [0, 0.1) is 0 Å². The first-order chi connectivity index (χ1) is 7.81. The molecule has 0 aliphatic heterocycles. The maximum Gasteiger partial charge on any atom is 0.408 e. The topological polar surface area (TPSA) is 64.3 Å². The fourth-order valence-electron chi connectivity index (χ4n) is 1.29. The summed E-state index contributed by atoms with van der Waals surface area (Å²) in [6.07, 6.45) is -0.396. The van der Waals surface area contributed by atoms with Gasteiger partial charge in [-0.3, -0.25) is 0 Å². The monoisotopic (exact) mass is 256 g/mol. The molecule has 1 rings (SSSR count). The van der Waals surface area contributed by atoms with E-state index in [4.69, 9.17) is 10.5 Å². The van der Waals surface area contributed by atoms with Crippen LogP contribution in [0.15, 0.2) is 12.1 Å². The molecule has 0 saturated carbocycles. The summed E-state index contributed by atoms with van der Waals surface area (Å²) in [6.45, 7) is 7.98. The number of amides is 1. The van der Waals surface area contributed by atoms with Gasteiger partial charge in [-0.05, 0) is 39.8 Å². The molecule has 1 heterocycles. The van der Waals surface area contributed by atoms with E-state index in [1.54, 1.807) is 11.3 Å². The molecule has 1 amide bonds. The summed E-state index contributed by atoms with van der Waals surface area (Å²) in [4.78, 5) is 13.8. The molecule has 0 spiro atoms. The molecular formula is C12H20N2O2S. The fourth-order valence-corrected chi connectivity index (χ4v) is 2.19.